The van der Waals surface area contributed by atoms with Crippen molar-refractivity contribution in [1.82, 2.24) is 20.4 Å². The van der Waals surface area contributed by atoms with E-state index in [0.717, 1.165) is 16.7 Å². The van der Waals surface area contributed by atoms with Crippen LogP contribution in [0.5, 0.6) is 0 Å². The van der Waals surface area contributed by atoms with Gasteiger partial charge in [0.05, 0.1) is 23.9 Å². The summed E-state index contributed by atoms with van der Waals surface area (Å²) >= 11 is 6.38. The number of rotatable bonds is 6. The zero-order valence-electron chi connectivity index (χ0n) is 19.7. The van der Waals surface area contributed by atoms with Crippen LogP contribution >= 0.6 is 11.6 Å². The molecule has 4 amide bonds. The largest absolute Gasteiger partial charge is 0.350 e. The molecule has 3 aromatic carbocycles. The molecule has 3 aromatic rings. The van der Waals surface area contributed by atoms with E-state index in [1.54, 1.807) is 25.2 Å². The average molecular weight is 501 g/mol. The molecule has 0 bridgehead atoms. The van der Waals surface area contributed by atoms with Crippen molar-refractivity contribution in [2.45, 2.75) is 12.6 Å². The summed E-state index contributed by atoms with van der Waals surface area (Å²) in [5, 5.41) is 6.26. The fraction of sp³-hybridized carbons (Fsp3) is 0.179. The number of nitrogens with zero attached hydrogens (tertiary/aromatic N) is 2. The Morgan fingerprint density at radius 1 is 1.00 bits per heavy atom. The Hall–Kier alpha value is -4.10. The lowest BCUT2D eigenvalue weighted by molar-refractivity contribution is -0.132. The average Bonchev–Trinajstić information content (AvgIpc) is 3.22. The summed E-state index contributed by atoms with van der Waals surface area (Å²) in [6, 6.07) is 24.0. The smallest absolute Gasteiger partial charge is 0.322 e. The minimum atomic E-state index is -0.671. The summed E-state index contributed by atoms with van der Waals surface area (Å²) in [5.41, 5.74) is 4.76. The van der Waals surface area contributed by atoms with E-state index in [-0.39, 0.29) is 30.9 Å². The van der Waals surface area contributed by atoms with E-state index in [1.165, 1.54) is 9.80 Å². The zero-order chi connectivity index (χ0) is 25.2. The van der Waals surface area contributed by atoms with Crippen LogP contribution in [-0.4, -0.2) is 47.8 Å². The van der Waals surface area contributed by atoms with Gasteiger partial charge in [-0.15, -0.1) is 0 Å². The number of urea groups is 1. The van der Waals surface area contributed by atoms with E-state index >= 15 is 0 Å². The lowest BCUT2D eigenvalue weighted by Crippen LogP contribution is -2.45. The molecule has 1 atom stereocenters. The van der Waals surface area contributed by atoms with Crippen LogP contribution in [0, 0.1) is 0 Å². The van der Waals surface area contributed by atoms with Crippen LogP contribution in [0.1, 0.15) is 17.2 Å². The van der Waals surface area contributed by atoms with Crippen molar-refractivity contribution < 1.29 is 14.4 Å². The van der Waals surface area contributed by atoms with Crippen molar-refractivity contribution in [3.8, 4) is 11.1 Å². The highest BCUT2D eigenvalue weighted by atomic mass is 35.5. The summed E-state index contributed by atoms with van der Waals surface area (Å²) < 4.78 is 0. The molecule has 0 saturated heterocycles. The van der Waals surface area contributed by atoms with Gasteiger partial charge in [0.2, 0.25) is 5.91 Å². The second-order valence-corrected chi connectivity index (χ2v) is 9.19. The highest BCUT2D eigenvalue weighted by Crippen LogP contribution is 2.37. The fourth-order valence-corrected chi connectivity index (χ4v) is 4.94. The van der Waals surface area contributed by atoms with Crippen molar-refractivity contribution in [2.24, 2.45) is 0 Å². The third-order valence-electron chi connectivity index (χ3n) is 6.56. The number of likely N-dealkylation sites (N-methyl/N-ethyl adjacent to an activating group) is 1. The number of nitrogens with one attached hydrogen (secondary N) is 2. The molecule has 5 rings (SSSR count). The van der Waals surface area contributed by atoms with Gasteiger partial charge >= 0.3 is 6.03 Å². The van der Waals surface area contributed by atoms with Crippen LogP contribution in [0.4, 0.5) is 4.79 Å². The number of amides is 4. The molecule has 0 saturated carbocycles. The molecule has 8 heteroatoms. The monoisotopic (exact) mass is 500 g/mol. The Labute approximate surface area is 214 Å². The first-order chi connectivity index (χ1) is 17.4. The van der Waals surface area contributed by atoms with E-state index in [2.05, 4.69) is 10.6 Å². The molecular weight excluding hydrogens is 476 g/mol. The third-order valence-corrected chi connectivity index (χ3v) is 6.91. The van der Waals surface area contributed by atoms with Crippen LogP contribution < -0.4 is 10.6 Å². The Bertz CT molecular complexity index is 1370. The summed E-state index contributed by atoms with van der Waals surface area (Å²) in [7, 11) is 1.62. The molecule has 0 aromatic heterocycles. The standard InChI is InChI=1S/C28H25ClN4O3/c1-32-23-16-33(27(35)25(23)26(31-28(32)36)21-13-7-8-14-22(21)29)17-24(34)30-15-19-11-5-6-12-20(19)18-9-3-2-4-10-18/h2-14,26H,15-17H2,1H3,(H,30,34)(H,31,36). The molecule has 182 valence electrons. The van der Waals surface area contributed by atoms with Crippen molar-refractivity contribution in [3.63, 3.8) is 0 Å². The van der Waals surface area contributed by atoms with Gasteiger partial charge in [0.25, 0.3) is 5.91 Å². The summed E-state index contributed by atoms with van der Waals surface area (Å²) in [6.07, 6.45) is 0. The van der Waals surface area contributed by atoms with Gasteiger partial charge in [0.1, 0.15) is 6.54 Å². The quantitative estimate of drug-likeness (QED) is 0.534. The molecule has 0 fully saturated rings. The first-order valence-corrected chi connectivity index (χ1v) is 12.0. The van der Waals surface area contributed by atoms with Gasteiger partial charge in [-0.3, -0.25) is 14.5 Å². The molecule has 2 aliphatic heterocycles. The lowest BCUT2D eigenvalue weighted by atomic mass is 9.96. The Morgan fingerprint density at radius 2 is 1.69 bits per heavy atom. The predicted molar refractivity (Wildman–Crippen MR) is 138 cm³/mol. The van der Waals surface area contributed by atoms with Crippen LogP contribution in [0.25, 0.3) is 11.1 Å². The zero-order valence-corrected chi connectivity index (χ0v) is 20.5. The number of halogens is 1. The Morgan fingerprint density at radius 3 is 2.47 bits per heavy atom. The van der Waals surface area contributed by atoms with Gasteiger partial charge in [0, 0.05) is 18.6 Å². The van der Waals surface area contributed by atoms with Crippen LogP contribution in [0.3, 0.4) is 0 Å². The van der Waals surface area contributed by atoms with Crippen LogP contribution in [0.15, 0.2) is 90.1 Å². The normalized spacial score (nSPS) is 17.2. The molecule has 1 unspecified atom stereocenters. The maximum absolute atomic E-state index is 13.4. The van der Waals surface area contributed by atoms with E-state index in [1.807, 2.05) is 60.7 Å². The topological polar surface area (TPSA) is 81.8 Å². The Kier molecular flexibility index (Phi) is 6.48. The number of carbonyl (C=O) groups is 3. The van der Waals surface area contributed by atoms with Crippen LogP contribution in [0.2, 0.25) is 5.02 Å². The van der Waals surface area contributed by atoms with Gasteiger partial charge in [-0.25, -0.2) is 4.79 Å². The van der Waals surface area contributed by atoms with Gasteiger partial charge < -0.3 is 15.5 Å². The Balaban J connectivity index is 1.30. The predicted octanol–water partition coefficient (Wildman–Crippen LogP) is 4.12. The van der Waals surface area contributed by atoms with E-state index in [9.17, 15) is 14.4 Å². The highest BCUT2D eigenvalue weighted by molar-refractivity contribution is 6.31. The summed E-state index contributed by atoms with van der Waals surface area (Å²) in [4.78, 5) is 41.8. The number of benzene rings is 3. The SMILES string of the molecule is CN1C(=O)NC(c2ccccc2Cl)C2=C1CN(CC(=O)NCc1ccccc1-c1ccccc1)C2=O. The lowest BCUT2D eigenvalue weighted by Gasteiger charge is -2.31. The second-order valence-electron chi connectivity index (χ2n) is 8.78. The molecule has 2 N–H and O–H groups in total. The fourth-order valence-electron chi connectivity index (χ4n) is 4.69. The minimum Gasteiger partial charge on any atom is -0.350 e. The molecule has 0 aliphatic carbocycles. The minimum absolute atomic E-state index is 0.114. The number of hydrogen-bond acceptors (Lipinski definition) is 3. The first kappa shape index (κ1) is 23.6. The molecule has 0 spiro atoms. The van der Waals surface area contributed by atoms with Gasteiger partial charge in [-0.05, 0) is 28.3 Å². The van der Waals surface area contributed by atoms with Gasteiger partial charge in [-0.2, -0.15) is 0 Å². The van der Waals surface area contributed by atoms with Crippen molar-refractivity contribution >= 4 is 29.4 Å². The maximum atomic E-state index is 13.4. The summed E-state index contributed by atoms with van der Waals surface area (Å²) in [5.74, 6) is -0.566. The van der Waals surface area contributed by atoms with Gasteiger partial charge in [-0.1, -0.05) is 84.4 Å². The van der Waals surface area contributed by atoms with E-state index in [0.29, 0.717) is 28.4 Å². The highest BCUT2D eigenvalue weighted by Gasteiger charge is 2.43. The number of carbonyl (C=O) groups excluding carboxylic acids is 3. The second kappa shape index (κ2) is 9.87. The molecule has 2 heterocycles. The van der Waals surface area contributed by atoms with Crippen molar-refractivity contribution in [3.05, 3.63) is 106 Å². The van der Waals surface area contributed by atoms with E-state index in [4.69, 9.17) is 11.6 Å². The first-order valence-electron chi connectivity index (χ1n) is 11.6. The molecule has 7 nitrogen and oxygen atoms in total. The third kappa shape index (κ3) is 4.45. The summed E-state index contributed by atoms with van der Waals surface area (Å²) in [6.45, 7) is 0.394. The number of hydrogen-bond donors (Lipinski definition) is 2. The van der Waals surface area contributed by atoms with Crippen LogP contribution in [-0.2, 0) is 16.1 Å². The molecule has 0 radical (unpaired) electrons. The van der Waals surface area contributed by atoms with Crippen molar-refractivity contribution in [1.29, 1.82) is 0 Å². The molecular formula is C28H25ClN4O3. The maximum Gasteiger partial charge on any atom is 0.322 e. The molecule has 36 heavy (non-hydrogen) atoms. The van der Waals surface area contributed by atoms with Crippen molar-refractivity contribution in [2.75, 3.05) is 20.1 Å². The van der Waals surface area contributed by atoms with E-state index < -0.39 is 6.04 Å². The molecule has 2 aliphatic rings. The van der Waals surface area contributed by atoms with Gasteiger partial charge in [0.15, 0.2) is 0 Å².